The highest BCUT2D eigenvalue weighted by molar-refractivity contribution is 6.60. The van der Waals surface area contributed by atoms with Crippen molar-refractivity contribution in [3.63, 3.8) is 0 Å². The normalized spacial score (nSPS) is 19.2. The van der Waals surface area contributed by atoms with E-state index < -0.39 is 18.3 Å². The first-order chi connectivity index (χ1) is 10.9. The lowest BCUT2D eigenvalue weighted by Gasteiger charge is -2.32. The molecule has 0 radical (unpaired) electrons. The van der Waals surface area contributed by atoms with Gasteiger partial charge in [0.2, 0.25) is 5.72 Å². The number of benzene rings is 1. The van der Waals surface area contributed by atoms with Crippen molar-refractivity contribution in [2.75, 3.05) is 0 Å². The summed E-state index contributed by atoms with van der Waals surface area (Å²) < 4.78 is 17.4. The summed E-state index contributed by atoms with van der Waals surface area (Å²) in [5.41, 5.74) is 0.658. The van der Waals surface area contributed by atoms with Gasteiger partial charge in [0, 0.05) is 0 Å². The van der Waals surface area contributed by atoms with E-state index in [0.29, 0.717) is 12.3 Å². The molecule has 0 amide bonds. The van der Waals surface area contributed by atoms with Gasteiger partial charge in [0.15, 0.2) is 6.73 Å². The molecule has 0 N–H and O–H groups in total. The molecule has 0 unspecified atom stereocenters. The zero-order valence-electron chi connectivity index (χ0n) is 13.9. The van der Waals surface area contributed by atoms with Crippen LogP contribution in [0.2, 0.25) is 0 Å². The molecule has 0 aliphatic carbocycles. The first-order valence-electron chi connectivity index (χ1n) is 7.62. The Morgan fingerprint density at radius 2 is 1.74 bits per heavy atom. The van der Waals surface area contributed by atoms with Crippen LogP contribution in [0.4, 0.5) is 0 Å². The third-order valence-electron chi connectivity index (χ3n) is 4.25. The summed E-state index contributed by atoms with van der Waals surface area (Å²) in [6.07, 6.45) is 0. The molecule has 1 aromatic carbocycles. The molecule has 0 saturated carbocycles. The second-order valence-corrected chi connectivity index (χ2v) is 6.57. The number of hydrogen-bond acceptors (Lipinski definition) is 6. The van der Waals surface area contributed by atoms with Crippen molar-refractivity contribution in [2.24, 2.45) is 0 Å². The van der Waals surface area contributed by atoms with Crippen molar-refractivity contribution in [2.45, 2.75) is 52.2 Å². The Hall–Kier alpha value is -1.77. The Labute approximate surface area is 136 Å². The minimum atomic E-state index is -0.608. The molecule has 0 bridgehead atoms. The minimum absolute atomic E-state index is 0.224. The molecular formula is C15H21BN4O3. The van der Waals surface area contributed by atoms with E-state index in [1.807, 2.05) is 58.0 Å². The SMILES string of the molecule is CC1(C)OB(c2nnn(COCc3ccccc3)n2)OC1(C)C. The molecule has 2 heterocycles. The molecular weight excluding hydrogens is 295 g/mol. The highest BCUT2D eigenvalue weighted by Gasteiger charge is 2.53. The van der Waals surface area contributed by atoms with E-state index in [4.69, 9.17) is 14.0 Å². The number of ether oxygens (including phenoxy) is 1. The topological polar surface area (TPSA) is 71.3 Å². The predicted octanol–water partition coefficient (Wildman–Crippen LogP) is 1.15. The molecule has 1 fully saturated rings. The molecule has 1 aromatic heterocycles. The number of rotatable bonds is 5. The van der Waals surface area contributed by atoms with Crippen LogP contribution in [-0.2, 0) is 27.4 Å². The van der Waals surface area contributed by atoms with Crippen LogP contribution >= 0.6 is 0 Å². The lowest BCUT2D eigenvalue weighted by molar-refractivity contribution is 0.00578. The van der Waals surface area contributed by atoms with Crippen LogP contribution in [0.25, 0.3) is 0 Å². The molecule has 0 atom stereocenters. The Bertz CT molecular complexity index is 644. The first-order valence-corrected chi connectivity index (χ1v) is 7.62. The van der Waals surface area contributed by atoms with Gasteiger partial charge < -0.3 is 14.0 Å². The summed E-state index contributed by atoms with van der Waals surface area (Å²) in [6.45, 7) is 8.66. The molecule has 1 aliphatic heterocycles. The van der Waals surface area contributed by atoms with E-state index in [1.54, 1.807) is 0 Å². The fourth-order valence-corrected chi connectivity index (χ4v) is 2.17. The van der Waals surface area contributed by atoms with Gasteiger partial charge in [-0.2, -0.15) is 0 Å². The average molecular weight is 316 g/mol. The first kappa shape index (κ1) is 16.1. The number of aromatic nitrogens is 4. The monoisotopic (exact) mass is 316 g/mol. The van der Waals surface area contributed by atoms with Crippen molar-refractivity contribution >= 4 is 12.8 Å². The standard InChI is InChI=1S/C15H21BN4O3/c1-14(2)15(3,4)23-16(22-14)13-17-19-20(18-13)11-21-10-12-8-6-5-7-9-12/h5-9H,10-11H2,1-4H3. The quantitative estimate of drug-likeness (QED) is 0.771. The predicted molar refractivity (Wildman–Crippen MR) is 84.8 cm³/mol. The molecule has 23 heavy (non-hydrogen) atoms. The molecule has 2 aromatic rings. The van der Waals surface area contributed by atoms with Gasteiger partial charge in [-0.05, 0) is 38.5 Å². The summed E-state index contributed by atoms with van der Waals surface area (Å²) in [5.74, 6) is 0. The summed E-state index contributed by atoms with van der Waals surface area (Å²) in [7, 11) is -0.608. The van der Waals surface area contributed by atoms with Crippen LogP contribution < -0.4 is 5.72 Å². The average Bonchev–Trinajstić information content (AvgIpc) is 3.03. The van der Waals surface area contributed by atoms with Gasteiger partial charge in [-0.3, -0.25) is 0 Å². The molecule has 8 heteroatoms. The van der Waals surface area contributed by atoms with Crippen LogP contribution in [0.1, 0.15) is 33.3 Å². The van der Waals surface area contributed by atoms with Crippen molar-refractivity contribution in [3.8, 4) is 0 Å². The van der Waals surface area contributed by atoms with Gasteiger partial charge in [-0.15, -0.1) is 15.0 Å². The van der Waals surface area contributed by atoms with Crippen molar-refractivity contribution in [3.05, 3.63) is 35.9 Å². The van der Waals surface area contributed by atoms with Crippen LogP contribution in [0.5, 0.6) is 0 Å². The van der Waals surface area contributed by atoms with Crippen LogP contribution in [0, 0.1) is 0 Å². The Balaban J connectivity index is 1.57. The van der Waals surface area contributed by atoms with Crippen LogP contribution in [0.3, 0.4) is 0 Å². The second-order valence-electron chi connectivity index (χ2n) is 6.57. The van der Waals surface area contributed by atoms with Crippen molar-refractivity contribution < 1.29 is 14.0 Å². The van der Waals surface area contributed by atoms with E-state index >= 15 is 0 Å². The Morgan fingerprint density at radius 1 is 1.09 bits per heavy atom. The maximum atomic E-state index is 5.90. The van der Waals surface area contributed by atoms with E-state index in [-0.39, 0.29) is 6.73 Å². The van der Waals surface area contributed by atoms with Gasteiger partial charge >= 0.3 is 7.12 Å². The van der Waals surface area contributed by atoms with Gasteiger partial charge in [-0.25, -0.2) is 0 Å². The van der Waals surface area contributed by atoms with Crippen LogP contribution in [0.15, 0.2) is 30.3 Å². The number of tetrazole rings is 1. The van der Waals surface area contributed by atoms with Gasteiger partial charge in [-0.1, -0.05) is 30.3 Å². The molecule has 1 aliphatic rings. The summed E-state index contributed by atoms with van der Waals surface area (Å²) >= 11 is 0. The molecule has 3 rings (SSSR count). The fraction of sp³-hybridized carbons (Fsp3) is 0.533. The summed E-state index contributed by atoms with van der Waals surface area (Å²) in [6, 6.07) is 9.93. The highest BCUT2D eigenvalue weighted by Crippen LogP contribution is 2.36. The van der Waals surface area contributed by atoms with Crippen LogP contribution in [-0.4, -0.2) is 38.5 Å². The van der Waals surface area contributed by atoms with E-state index in [9.17, 15) is 0 Å². The lowest BCUT2D eigenvalue weighted by Crippen LogP contribution is -2.41. The fourth-order valence-electron chi connectivity index (χ4n) is 2.17. The third-order valence-corrected chi connectivity index (χ3v) is 4.25. The summed E-state index contributed by atoms with van der Waals surface area (Å²) in [5, 5.41) is 12.3. The summed E-state index contributed by atoms with van der Waals surface area (Å²) in [4.78, 5) is 1.39. The van der Waals surface area contributed by atoms with Crippen molar-refractivity contribution in [1.82, 2.24) is 20.2 Å². The van der Waals surface area contributed by atoms with Crippen molar-refractivity contribution in [1.29, 1.82) is 0 Å². The smallest absolute Gasteiger partial charge is 0.397 e. The third kappa shape index (κ3) is 3.44. The van der Waals surface area contributed by atoms with E-state index in [0.717, 1.165) is 5.56 Å². The van der Waals surface area contributed by atoms with E-state index in [1.165, 1.54) is 4.80 Å². The minimum Gasteiger partial charge on any atom is -0.397 e. The second kappa shape index (κ2) is 6.03. The maximum Gasteiger partial charge on any atom is 0.539 e. The molecule has 7 nitrogen and oxygen atoms in total. The molecule has 0 spiro atoms. The zero-order chi connectivity index (χ0) is 16.5. The van der Waals surface area contributed by atoms with Gasteiger partial charge in [0.1, 0.15) is 0 Å². The largest absolute Gasteiger partial charge is 0.539 e. The Morgan fingerprint density at radius 3 is 2.39 bits per heavy atom. The van der Waals surface area contributed by atoms with E-state index in [2.05, 4.69) is 15.4 Å². The highest BCUT2D eigenvalue weighted by atomic mass is 16.7. The number of nitrogens with zero attached hydrogens (tertiary/aromatic N) is 4. The molecule has 1 saturated heterocycles. The number of hydrogen-bond donors (Lipinski definition) is 0. The van der Waals surface area contributed by atoms with Gasteiger partial charge in [0.05, 0.1) is 17.8 Å². The van der Waals surface area contributed by atoms with Gasteiger partial charge in [0.25, 0.3) is 0 Å². The molecule has 122 valence electrons. The zero-order valence-corrected chi connectivity index (χ0v) is 13.9. The Kier molecular flexibility index (Phi) is 4.22. The lowest BCUT2D eigenvalue weighted by atomic mass is 9.90. The maximum absolute atomic E-state index is 5.90.